The molecule has 0 unspecified atom stereocenters. The molecule has 0 bridgehead atoms. The summed E-state index contributed by atoms with van der Waals surface area (Å²) in [6.07, 6.45) is 0.00663. The molecule has 2 aromatic rings. The van der Waals surface area contributed by atoms with Gasteiger partial charge < -0.3 is 19.7 Å². The average Bonchev–Trinajstić information content (AvgIpc) is 2.94. The average molecular weight is 428 g/mol. The van der Waals surface area contributed by atoms with Crippen molar-refractivity contribution in [2.24, 2.45) is 0 Å². The van der Waals surface area contributed by atoms with Gasteiger partial charge in [-0.05, 0) is 61.1 Å². The number of amides is 2. The summed E-state index contributed by atoms with van der Waals surface area (Å²) in [7, 11) is 3.24. The minimum Gasteiger partial charge on any atom is -0.497 e. The second-order valence-corrected chi connectivity index (χ2v) is 7.25. The van der Waals surface area contributed by atoms with Crippen LogP contribution in [0.2, 0.25) is 0 Å². The van der Waals surface area contributed by atoms with Crippen molar-refractivity contribution in [3.8, 4) is 11.5 Å². The summed E-state index contributed by atoms with van der Waals surface area (Å²) in [6.45, 7) is 2.92. The van der Waals surface area contributed by atoms with Crippen molar-refractivity contribution in [1.82, 2.24) is 9.80 Å². The summed E-state index contributed by atoms with van der Waals surface area (Å²) in [5.74, 6) is 1.05. The highest BCUT2D eigenvalue weighted by molar-refractivity contribution is 7.80. The predicted molar refractivity (Wildman–Crippen MR) is 119 cm³/mol. The SMILES string of the molecule is CCOc1ccc(NC(=O)C[C@H]2C(=O)N(C)C(=S)N2Cc2ccc(OC)cc2)cc1. The number of hydrogen-bond donors (Lipinski definition) is 1. The summed E-state index contributed by atoms with van der Waals surface area (Å²) in [5, 5.41) is 3.25. The molecular formula is C22H25N3O4S. The summed E-state index contributed by atoms with van der Waals surface area (Å²) >= 11 is 5.45. The van der Waals surface area contributed by atoms with Crippen molar-refractivity contribution in [1.29, 1.82) is 0 Å². The quantitative estimate of drug-likeness (QED) is 0.653. The maximum absolute atomic E-state index is 12.7. The molecule has 0 aliphatic carbocycles. The van der Waals surface area contributed by atoms with Gasteiger partial charge in [-0.15, -0.1) is 0 Å². The summed E-state index contributed by atoms with van der Waals surface area (Å²) < 4.78 is 10.6. The first-order valence-corrected chi connectivity index (χ1v) is 10.1. The number of rotatable bonds is 8. The van der Waals surface area contributed by atoms with Gasteiger partial charge in [0.1, 0.15) is 17.5 Å². The van der Waals surface area contributed by atoms with E-state index < -0.39 is 6.04 Å². The Bertz CT molecular complexity index is 915. The fourth-order valence-electron chi connectivity index (χ4n) is 3.27. The van der Waals surface area contributed by atoms with Gasteiger partial charge in [0.15, 0.2) is 5.11 Å². The molecule has 158 valence electrons. The van der Waals surface area contributed by atoms with Crippen LogP contribution in [0.4, 0.5) is 5.69 Å². The molecule has 0 saturated carbocycles. The van der Waals surface area contributed by atoms with Gasteiger partial charge in [0, 0.05) is 19.3 Å². The van der Waals surface area contributed by atoms with Crippen molar-refractivity contribution in [2.45, 2.75) is 25.9 Å². The Morgan fingerprint density at radius 3 is 2.33 bits per heavy atom. The zero-order valence-electron chi connectivity index (χ0n) is 17.3. The highest BCUT2D eigenvalue weighted by Gasteiger charge is 2.41. The van der Waals surface area contributed by atoms with E-state index in [-0.39, 0.29) is 18.2 Å². The third-order valence-electron chi connectivity index (χ3n) is 4.86. The fraction of sp³-hybridized carbons (Fsp3) is 0.318. The minimum absolute atomic E-state index is 0.00663. The minimum atomic E-state index is -0.646. The molecule has 1 fully saturated rings. The largest absolute Gasteiger partial charge is 0.497 e. The van der Waals surface area contributed by atoms with Crippen LogP contribution < -0.4 is 14.8 Å². The Morgan fingerprint density at radius 1 is 1.10 bits per heavy atom. The van der Waals surface area contributed by atoms with E-state index in [0.29, 0.717) is 24.0 Å². The molecule has 7 nitrogen and oxygen atoms in total. The molecule has 0 aromatic heterocycles. The van der Waals surface area contributed by atoms with Crippen LogP contribution in [0.15, 0.2) is 48.5 Å². The number of benzene rings is 2. The van der Waals surface area contributed by atoms with Gasteiger partial charge in [-0.25, -0.2) is 0 Å². The number of likely N-dealkylation sites (N-methyl/N-ethyl adjacent to an activating group) is 1. The topological polar surface area (TPSA) is 71.1 Å². The van der Waals surface area contributed by atoms with Crippen molar-refractivity contribution >= 4 is 34.8 Å². The summed E-state index contributed by atoms with van der Waals surface area (Å²) in [6, 6.07) is 14.0. The third-order valence-corrected chi connectivity index (χ3v) is 5.37. The number of nitrogens with one attached hydrogen (secondary N) is 1. The second-order valence-electron chi connectivity index (χ2n) is 6.88. The number of hydrogen-bond acceptors (Lipinski definition) is 5. The maximum Gasteiger partial charge on any atom is 0.251 e. The van der Waals surface area contributed by atoms with Crippen molar-refractivity contribution in [3.63, 3.8) is 0 Å². The predicted octanol–water partition coefficient (Wildman–Crippen LogP) is 3.05. The Labute approximate surface area is 181 Å². The molecular weight excluding hydrogens is 402 g/mol. The molecule has 0 radical (unpaired) electrons. The van der Waals surface area contributed by atoms with Gasteiger partial charge in [0.2, 0.25) is 5.91 Å². The molecule has 30 heavy (non-hydrogen) atoms. The number of methoxy groups -OCH3 is 1. The van der Waals surface area contributed by atoms with Crippen LogP contribution in [0, 0.1) is 0 Å². The molecule has 1 saturated heterocycles. The smallest absolute Gasteiger partial charge is 0.251 e. The summed E-state index contributed by atoms with van der Waals surface area (Å²) in [5.41, 5.74) is 1.62. The van der Waals surface area contributed by atoms with Gasteiger partial charge in [0.05, 0.1) is 20.1 Å². The lowest BCUT2D eigenvalue weighted by Gasteiger charge is -2.23. The lowest BCUT2D eigenvalue weighted by Crippen LogP contribution is -2.37. The number of thiocarbonyl (C=S) groups is 1. The third kappa shape index (κ3) is 4.88. The highest BCUT2D eigenvalue weighted by Crippen LogP contribution is 2.24. The van der Waals surface area contributed by atoms with Gasteiger partial charge in [-0.2, -0.15) is 0 Å². The lowest BCUT2D eigenvalue weighted by atomic mass is 10.1. The van der Waals surface area contributed by atoms with Crippen molar-refractivity contribution in [3.05, 3.63) is 54.1 Å². The number of anilines is 1. The van der Waals surface area contributed by atoms with E-state index in [9.17, 15) is 9.59 Å². The normalized spacial score (nSPS) is 16.0. The number of nitrogens with zero attached hydrogens (tertiary/aromatic N) is 2. The molecule has 1 heterocycles. The first kappa shape index (κ1) is 21.6. The van der Waals surface area contributed by atoms with E-state index in [1.165, 1.54) is 4.90 Å². The highest BCUT2D eigenvalue weighted by atomic mass is 32.1. The Kier molecular flexibility index (Phi) is 6.89. The van der Waals surface area contributed by atoms with Crippen molar-refractivity contribution < 1.29 is 19.1 Å². The zero-order valence-corrected chi connectivity index (χ0v) is 18.1. The van der Waals surface area contributed by atoms with Crippen LogP contribution in [-0.2, 0) is 16.1 Å². The Balaban J connectivity index is 1.68. The Morgan fingerprint density at radius 2 is 1.73 bits per heavy atom. The molecule has 2 amide bonds. The standard InChI is InChI=1S/C22H25N3O4S/c1-4-29-18-11-7-16(8-12-18)23-20(26)13-19-21(27)24(2)22(30)25(19)14-15-5-9-17(28-3)10-6-15/h5-12,19H,4,13-14H2,1-3H3,(H,23,26)/t19-/m0/s1. The molecule has 3 rings (SSSR count). The van der Waals surface area contributed by atoms with Crippen LogP contribution >= 0.6 is 12.2 Å². The molecule has 8 heteroatoms. The van der Waals surface area contributed by atoms with Crippen LogP contribution in [-0.4, -0.2) is 53.5 Å². The van der Waals surface area contributed by atoms with Crippen LogP contribution in [0.1, 0.15) is 18.9 Å². The van der Waals surface area contributed by atoms with Crippen molar-refractivity contribution in [2.75, 3.05) is 26.1 Å². The second kappa shape index (κ2) is 9.58. The number of carbonyl (C=O) groups is 2. The van der Waals surface area contributed by atoms with Gasteiger partial charge >= 0.3 is 0 Å². The Hall–Kier alpha value is -3.13. The van der Waals surface area contributed by atoms with Gasteiger partial charge in [0.25, 0.3) is 5.91 Å². The van der Waals surface area contributed by atoms with Gasteiger partial charge in [-0.1, -0.05) is 12.1 Å². The molecule has 1 N–H and O–H groups in total. The van der Waals surface area contributed by atoms with E-state index in [2.05, 4.69) is 5.32 Å². The molecule has 1 atom stereocenters. The lowest BCUT2D eigenvalue weighted by molar-refractivity contribution is -0.130. The van der Waals surface area contributed by atoms with Crippen LogP contribution in [0.25, 0.3) is 0 Å². The van der Waals surface area contributed by atoms with E-state index in [4.69, 9.17) is 21.7 Å². The van der Waals surface area contributed by atoms with Crippen LogP contribution in [0.3, 0.4) is 0 Å². The van der Waals surface area contributed by atoms with Crippen LogP contribution in [0.5, 0.6) is 11.5 Å². The first-order valence-electron chi connectivity index (χ1n) is 9.66. The monoisotopic (exact) mass is 427 g/mol. The van der Waals surface area contributed by atoms with E-state index in [1.807, 2.05) is 31.2 Å². The van der Waals surface area contributed by atoms with E-state index in [0.717, 1.165) is 17.1 Å². The molecule has 1 aliphatic rings. The van der Waals surface area contributed by atoms with Gasteiger partial charge in [-0.3, -0.25) is 14.5 Å². The fourth-order valence-corrected chi connectivity index (χ4v) is 3.55. The first-order chi connectivity index (χ1) is 14.4. The zero-order chi connectivity index (χ0) is 21.7. The summed E-state index contributed by atoms with van der Waals surface area (Å²) in [4.78, 5) is 28.5. The molecule has 2 aromatic carbocycles. The maximum atomic E-state index is 12.7. The molecule has 1 aliphatic heterocycles. The number of carbonyl (C=O) groups excluding carboxylic acids is 2. The number of ether oxygens (including phenoxy) is 2. The molecule has 0 spiro atoms. The van der Waals surface area contributed by atoms with E-state index in [1.54, 1.807) is 43.3 Å². The van der Waals surface area contributed by atoms with E-state index >= 15 is 0 Å².